The largest absolute Gasteiger partial charge is 0.356 e. The summed E-state index contributed by atoms with van der Waals surface area (Å²) in [6.07, 6.45) is 1.33. The third-order valence-electron chi connectivity index (χ3n) is 2.37. The zero-order chi connectivity index (χ0) is 10.6. The van der Waals surface area contributed by atoms with Crippen molar-refractivity contribution in [1.82, 2.24) is 10.6 Å². The predicted molar refractivity (Wildman–Crippen MR) is 53.6 cm³/mol. The van der Waals surface area contributed by atoms with E-state index in [1.165, 1.54) is 0 Å². The van der Waals surface area contributed by atoms with E-state index in [0.29, 0.717) is 25.4 Å². The van der Waals surface area contributed by atoms with Crippen molar-refractivity contribution in [2.75, 3.05) is 13.1 Å². The molecule has 0 bridgehead atoms. The summed E-state index contributed by atoms with van der Waals surface area (Å²) >= 11 is 0. The van der Waals surface area contributed by atoms with E-state index in [4.69, 9.17) is 0 Å². The minimum atomic E-state index is -0.158. The van der Waals surface area contributed by atoms with Gasteiger partial charge in [-0.3, -0.25) is 9.59 Å². The van der Waals surface area contributed by atoms with Crippen LogP contribution in [-0.2, 0) is 9.59 Å². The fourth-order valence-electron chi connectivity index (χ4n) is 1.42. The molecule has 1 unspecified atom stereocenters. The first-order valence-corrected chi connectivity index (χ1v) is 5.14. The number of nitrogens with one attached hydrogen (secondary N) is 2. The molecule has 0 spiro atoms. The third-order valence-corrected chi connectivity index (χ3v) is 2.37. The molecule has 0 radical (unpaired) electrons. The minimum absolute atomic E-state index is 0.00370. The van der Waals surface area contributed by atoms with E-state index in [1.54, 1.807) is 0 Å². The van der Waals surface area contributed by atoms with Crippen LogP contribution < -0.4 is 10.6 Å². The molecule has 1 heterocycles. The molecule has 2 amide bonds. The van der Waals surface area contributed by atoms with Gasteiger partial charge in [0.05, 0.1) is 5.92 Å². The van der Waals surface area contributed by atoms with Gasteiger partial charge in [0.1, 0.15) is 0 Å². The number of carbonyl (C=O) groups is 2. The Labute approximate surface area is 84.4 Å². The van der Waals surface area contributed by atoms with Crippen LogP contribution >= 0.6 is 0 Å². The first-order valence-electron chi connectivity index (χ1n) is 5.14. The molecule has 80 valence electrons. The van der Waals surface area contributed by atoms with E-state index in [9.17, 15) is 9.59 Å². The lowest BCUT2D eigenvalue weighted by Gasteiger charge is -2.10. The second-order valence-corrected chi connectivity index (χ2v) is 4.18. The number of rotatable bonds is 4. The Morgan fingerprint density at radius 2 is 2.36 bits per heavy atom. The Bertz CT molecular complexity index is 226. The summed E-state index contributed by atoms with van der Waals surface area (Å²) in [6, 6.07) is 0. The van der Waals surface area contributed by atoms with Crippen molar-refractivity contribution >= 4 is 11.8 Å². The topological polar surface area (TPSA) is 58.2 Å². The van der Waals surface area contributed by atoms with Gasteiger partial charge in [-0.25, -0.2) is 0 Å². The van der Waals surface area contributed by atoms with E-state index in [0.717, 1.165) is 6.42 Å². The predicted octanol–water partition coefficient (Wildman–Crippen LogP) is 0.285. The van der Waals surface area contributed by atoms with E-state index in [-0.39, 0.29) is 17.7 Å². The number of hydrogen-bond acceptors (Lipinski definition) is 2. The molecular formula is C10H18N2O2. The number of carbonyl (C=O) groups excluding carboxylic acids is 2. The number of hydrogen-bond donors (Lipinski definition) is 2. The molecule has 1 atom stereocenters. The molecule has 2 N–H and O–H groups in total. The fraction of sp³-hybridized carbons (Fsp3) is 0.800. The summed E-state index contributed by atoms with van der Waals surface area (Å²) in [7, 11) is 0. The van der Waals surface area contributed by atoms with Crippen LogP contribution in [0.1, 0.15) is 26.7 Å². The van der Waals surface area contributed by atoms with Crippen molar-refractivity contribution in [3.63, 3.8) is 0 Å². The van der Waals surface area contributed by atoms with Crippen LogP contribution in [0.15, 0.2) is 0 Å². The first-order chi connectivity index (χ1) is 6.59. The Hall–Kier alpha value is -1.06. The van der Waals surface area contributed by atoms with Crippen LogP contribution in [0.5, 0.6) is 0 Å². The summed E-state index contributed by atoms with van der Waals surface area (Å²) in [4.78, 5) is 22.3. The van der Waals surface area contributed by atoms with E-state index in [1.807, 2.05) is 0 Å². The van der Waals surface area contributed by atoms with Gasteiger partial charge in [-0.15, -0.1) is 0 Å². The van der Waals surface area contributed by atoms with Crippen LogP contribution in [0.25, 0.3) is 0 Å². The van der Waals surface area contributed by atoms with Gasteiger partial charge in [0, 0.05) is 19.5 Å². The molecular weight excluding hydrogens is 180 g/mol. The van der Waals surface area contributed by atoms with E-state index < -0.39 is 0 Å². The van der Waals surface area contributed by atoms with Gasteiger partial charge < -0.3 is 10.6 Å². The molecule has 0 aliphatic carbocycles. The van der Waals surface area contributed by atoms with Gasteiger partial charge in [0.2, 0.25) is 11.8 Å². The summed E-state index contributed by atoms with van der Waals surface area (Å²) in [5.41, 5.74) is 0. The minimum Gasteiger partial charge on any atom is -0.356 e. The lowest BCUT2D eigenvalue weighted by Crippen LogP contribution is -2.32. The van der Waals surface area contributed by atoms with Crippen LogP contribution in [0.3, 0.4) is 0 Å². The summed E-state index contributed by atoms with van der Waals surface area (Å²) in [5, 5.41) is 5.50. The Morgan fingerprint density at radius 1 is 1.64 bits per heavy atom. The second-order valence-electron chi connectivity index (χ2n) is 4.18. The van der Waals surface area contributed by atoms with Gasteiger partial charge in [0.15, 0.2) is 0 Å². The maximum absolute atomic E-state index is 11.5. The zero-order valence-corrected chi connectivity index (χ0v) is 8.80. The number of amides is 2. The van der Waals surface area contributed by atoms with Crippen molar-refractivity contribution in [3.05, 3.63) is 0 Å². The lowest BCUT2D eigenvalue weighted by atomic mass is 10.1. The smallest absolute Gasteiger partial charge is 0.225 e. The highest BCUT2D eigenvalue weighted by Gasteiger charge is 2.27. The Kier molecular flexibility index (Phi) is 3.92. The average Bonchev–Trinajstić information content (AvgIpc) is 2.51. The molecule has 1 saturated heterocycles. The SMILES string of the molecule is CC(C)CCNC(=O)C1CNC(=O)C1. The Balaban J connectivity index is 2.18. The average molecular weight is 198 g/mol. The molecule has 14 heavy (non-hydrogen) atoms. The monoisotopic (exact) mass is 198 g/mol. The van der Waals surface area contributed by atoms with E-state index in [2.05, 4.69) is 24.5 Å². The van der Waals surface area contributed by atoms with Crippen molar-refractivity contribution in [2.24, 2.45) is 11.8 Å². The molecule has 1 aliphatic rings. The molecule has 4 heteroatoms. The fourth-order valence-corrected chi connectivity index (χ4v) is 1.42. The molecule has 1 rings (SSSR count). The van der Waals surface area contributed by atoms with Gasteiger partial charge in [-0.2, -0.15) is 0 Å². The molecule has 1 aliphatic heterocycles. The van der Waals surface area contributed by atoms with Gasteiger partial charge >= 0.3 is 0 Å². The molecule has 0 aromatic carbocycles. The van der Waals surface area contributed by atoms with Crippen LogP contribution in [0.2, 0.25) is 0 Å². The van der Waals surface area contributed by atoms with Crippen LogP contribution in [0.4, 0.5) is 0 Å². The zero-order valence-electron chi connectivity index (χ0n) is 8.80. The summed E-state index contributed by atoms with van der Waals surface area (Å²) < 4.78 is 0. The van der Waals surface area contributed by atoms with Gasteiger partial charge in [0.25, 0.3) is 0 Å². The standard InChI is InChI=1S/C10H18N2O2/c1-7(2)3-4-11-10(14)8-5-9(13)12-6-8/h7-8H,3-6H2,1-2H3,(H,11,14)(H,12,13). The Morgan fingerprint density at radius 3 is 2.86 bits per heavy atom. The summed E-state index contributed by atoms with van der Waals surface area (Å²) in [6.45, 7) is 5.44. The van der Waals surface area contributed by atoms with Crippen molar-refractivity contribution in [1.29, 1.82) is 0 Å². The van der Waals surface area contributed by atoms with Crippen molar-refractivity contribution in [3.8, 4) is 0 Å². The van der Waals surface area contributed by atoms with Crippen LogP contribution in [0, 0.1) is 11.8 Å². The molecule has 0 saturated carbocycles. The maximum atomic E-state index is 11.5. The lowest BCUT2D eigenvalue weighted by molar-refractivity contribution is -0.126. The molecule has 1 fully saturated rings. The molecule has 4 nitrogen and oxygen atoms in total. The quantitative estimate of drug-likeness (QED) is 0.682. The second kappa shape index (κ2) is 4.98. The normalized spacial score (nSPS) is 21.1. The van der Waals surface area contributed by atoms with Gasteiger partial charge in [-0.05, 0) is 12.3 Å². The van der Waals surface area contributed by atoms with E-state index >= 15 is 0 Å². The molecule has 0 aromatic rings. The summed E-state index contributed by atoms with van der Waals surface area (Å²) in [5.74, 6) is 0.423. The maximum Gasteiger partial charge on any atom is 0.225 e. The highest BCUT2D eigenvalue weighted by atomic mass is 16.2. The third kappa shape index (κ3) is 3.36. The first kappa shape index (κ1) is 11.0. The highest BCUT2D eigenvalue weighted by molar-refractivity contribution is 5.89. The molecule has 0 aromatic heterocycles. The highest BCUT2D eigenvalue weighted by Crippen LogP contribution is 2.08. The van der Waals surface area contributed by atoms with Crippen molar-refractivity contribution < 1.29 is 9.59 Å². The van der Waals surface area contributed by atoms with Crippen molar-refractivity contribution in [2.45, 2.75) is 26.7 Å². The van der Waals surface area contributed by atoms with Gasteiger partial charge in [-0.1, -0.05) is 13.8 Å². The van der Waals surface area contributed by atoms with Crippen LogP contribution in [-0.4, -0.2) is 24.9 Å².